The molecule has 3 aromatic rings. The van der Waals surface area contributed by atoms with E-state index in [1.807, 2.05) is 59.3 Å². The van der Waals surface area contributed by atoms with Gasteiger partial charge in [-0.25, -0.2) is 4.98 Å². The Morgan fingerprint density at radius 2 is 2.04 bits per heavy atom. The Balaban J connectivity index is 1.54. The van der Waals surface area contributed by atoms with Crippen LogP contribution in [-0.4, -0.2) is 35.1 Å². The molecule has 2 atom stereocenters. The SMILES string of the molecule is COC[C@@H]1CC[C@H]1NC(=O)c1ccc2nc(-c3ccccc3)cn2c1. The van der Waals surface area contributed by atoms with Crippen LogP contribution in [0, 0.1) is 5.92 Å². The van der Waals surface area contributed by atoms with E-state index in [4.69, 9.17) is 4.74 Å². The van der Waals surface area contributed by atoms with Crippen molar-refractivity contribution in [1.29, 1.82) is 0 Å². The molecule has 5 nitrogen and oxygen atoms in total. The number of hydrogen-bond donors (Lipinski definition) is 1. The van der Waals surface area contributed by atoms with Crippen LogP contribution >= 0.6 is 0 Å². The van der Waals surface area contributed by atoms with Crippen molar-refractivity contribution < 1.29 is 9.53 Å². The molecule has 0 unspecified atom stereocenters. The molecule has 1 aromatic carbocycles. The maximum Gasteiger partial charge on any atom is 0.253 e. The largest absolute Gasteiger partial charge is 0.384 e. The van der Waals surface area contributed by atoms with E-state index in [0.29, 0.717) is 18.1 Å². The standard InChI is InChI=1S/C20H21N3O2/c1-25-13-16-7-9-17(16)22-20(24)15-8-10-19-21-18(12-23(19)11-15)14-5-3-2-4-6-14/h2-6,8,10-12,16-17H,7,9,13H2,1H3,(H,22,24)/t16-,17+/m0/s1. The van der Waals surface area contributed by atoms with Crippen molar-refractivity contribution in [3.63, 3.8) is 0 Å². The molecular weight excluding hydrogens is 314 g/mol. The topological polar surface area (TPSA) is 55.6 Å². The number of carbonyl (C=O) groups is 1. The molecule has 2 heterocycles. The molecule has 5 heteroatoms. The molecule has 128 valence electrons. The normalized spacial score (nSPS) is 19.6. The van der Waals surface area contributed by atoms with Crippen molar-refractivity contribution in [3.05, 3.63) is 60.4 Å². The number of methoxy groups -OCH3 is 1. The lowest BCUT2D eigenvalue weighted by atomic mass is 9.80. The Morgan fingerprint density at radius 3 is 2.76 bits per heavy atom. The predicted octanol–water partition coefficient (Wildman–Crippen LogP) is 3.16. The summed E-state index contributed by atoms with van der Waals surface area (Å²) in [7, 11) is 1.70. The summed E-state index contributed by atoms with van der Waals surface area (Å²) < 4.78 is 7.11. The average Bonchev–Trinajstić information content (AvgIpc) is 3.07. The Hall–Kier alpha value is -2.66. The van der Waals surface area contributed by atoms with Gasteiger partial charge in [-0.2, -0.15) is 0 Å². The molecule has 0 bridgehead atoms. The predicted molar refractivity (Wildman–Crippen MR) is 96.5 cm³/mol. The van der Waals surface area contributed by atoms with Crippen LogP contribution in [0.3, 0.4) is 0 Å². The van der Waals surface area contributed by atoms with Crippen LogP contribution in [0.15, 0.2) is 54.9 Å². The first-order valence-corrected chi connectivity index (χ1v) is 8.58. The highest BCUT2D eigenvalue weighted by Gasteiger charge is 2.32. The average molecular weight is 335 g/mol. The smallest absolute Gasteiger partial charge is 0.253 e. The second-order valence-corrected chi connectivity index (χ2v) is 6.55. The van der Waals surface area contributed by atoms with E-state index in [0.717, 1.165) is 29.7 Å². The monoisotopic (exact) mass is 335 g/mol. The lowest BCUT2D eigenvalue weighted by Crippen LogP contribution is -2.48. The summed E-state index contributed by atoms with van der Waals surface area (Å²) in [5.74, 6) is 0.387. The highest BCUT2D eigenvalue weighted by atomic mass is 16.5. The lowest BCUT2D eigenvalue weighted by molar-refractivity contribution is 0.0670. The number of amides is 1. The lowest BCUT2D eigenvalue weighted by Gasteiger charge is -2.36. The third-order valence-electron chi connectivity index (χ3n) is 4.90. The van der Waals surface area contributed by atoms with Crippen LogP contribution in [0.1, 0.15) is 23.2 Å². The third-order valence-corrected chi connectivity index (χ3v) is 4.90. The molecule has 0 saturated heterocycles. The third kappa shape index (κ3) is 3.15. The molecule has 1 saturated carbocycles. The van der Waals surface area contributed by atoms with Crippen LogP contribution < -0.4 is 5.32 Å². The highest BCUT2D eigenvalue weighted by molar-refractivity contribution is 5.94. The molecule has 0 radical (unpaired) electrons. The summed E-state index contributed by atoms with van der Waals surface area (Å²) in [6.07, 6.45) is 5.93. The zero-order chi connectivity index (χ0) is 17.2. The van der Waals surface area contributed by atoms with Gasteiger partial charge in [-0.1, -0.05) is 30.3 Å². The minimum absolute atomic E-state index is 0.0392. The number of carbonyl (C=O) groups excluding carboxylic acids is 1. The van der Waals surface area contributed by atoms with E-state index in [1.165, 1.54) is 0 Å². The van der Waals surface area contributed by atoms with E-state index in [-0.39, 0.29) is 11.9 Å². The molecular formula is C20H21N3O2. The van der Waals surface area contributed by atoms with Gasteiger partial charge in [0.1, 0.15) is 5.65 Å². The number of nitrogens with zero attached hydrogens (tertiary/aromatic N) is 2. The summed E-state index contributed by atoms with van der Waals surface area (Å²) in [6, 6.07) is 14.0. The maximum atomic E-state index is 12.5. The van der Waals surface area contributed by atoms with Crippen LogP contribution in [0.25, 0.3) is 16.9 Å². The quantitative estimate of drug-likeness (QED) is 0.779. The van der Waals surface area contributed by atoms with Crippen molar-refractivity contribution in [2.24, 2.45) is 5.92 Å². The van der Waals surface area contributed by atoms with Crippen molar-refractivity contribution in [2.45, 2.75) is 18.9 Å². The number of rotatable bonds is 5. The van der Waals surface area contributed by atoms with Gasteiger partial charge in [-0.05, 0) is 25.0 Å². The van der Waals surface area contributed by atoms with Crippen molar-refractivity contribution in [1.82, 2.24) is 14.7 Å². The van der Waals surface area contributed by atoms with Crippen LogP contribution in [-0.2, 0) is 4.74 Å². The Kier molecular flexibility index (Phi) is 4.24. The van der Waals surface area contributed by atoms with E-state index in [2.05, 4.69) is 10.3 Å². The van der Waals surface area contributed by atoms with E-state index < -0.39 is 0 Å². The van der Waals surface area contributed by atoms with Crippen molar-refractivity contribution in [2.75, 3.05) is 13.7 Å². The first kappa shape index (κ1) is 15.8. The molecule has 0 aliphatic heterocycles. The van der Waals surface area contributed by atoms with Gasteiger partial charge in [0.25, 0.3) is 5.91 Å². The Morgan fingerprint density at radius 1 is 1.20 bits per heavy atom. The number of nitrogens with one attached hydrogen (secondary N) is 1. The van der Waals surface area contributed by atoms with Gasteiger partial charge in [0.2, 0.25) is 0 Å². The maximum absolute atomic E-state index is 12.5. The molecule has 2 aromatic heterocycles. The van der Waals surface area contributed by atoms with Crippen LogP contribution in [0.2, 0.25) is 0 Å². The van der Waals surface area contributed by atoms with Gasteiger partial charge in [-0.3, -0.25) is 4.79 Å². The Bertz CT molecular complexity index is 888. The zero-order valence-corrected chi connectivity index (χ0v) is 14.2. The molecule has 25 heavy (non-hydrogen) atoms. The fourth-order valence-corrected chi connectivity index (χ4v) is 3.30. The molecule has 1 aliphatic carbocycles. The van der Waals surface area contributed by atoms with Gasteiger partial charge in [-0.15, -0.1) is 0 Å². The fraction of sp³-hybridized carbons (Fsp3) is 0.300. The second kappa shape index (κ2) is 6.69. The van der Waals surface area contributed by atoms with Gasteiger partial charge < -0.3 is 14.5 Å². The summed E-state index contributed by atoms with van der Waals surface area (Å²) in [6.45, 7) is 0.700. The van der Waals surface area contributed by atoms with Gasteiger partial charge in [0.05, 0.1) is 17.9 Å². The summed E-state index contributed by atoms with van der Waals surface area (Å²) >= 11 is 0. The number of imidazole rings is 1. The summed E-state index contributed by atoms with van der Waals surface area (Å²) in [5, 5.41) is 3.12. The molecule has 0 spiro atoms. The Labute approximate surface area is 146 Å². The molecule has 1 aliphatic rings. The fourth-order valence-electron chi connectivity index (χ4n) is 3.30. The van der Waals surface area contributed by atoms with Crippen molar-refractivity contribution in [3.8, 4) is 11.3 Å². The van der Waals surface area contributed by atoms with Crippen LogP contribution in [0.5, 0.6) is 0 Å². The summed E-state index contributed by atoms with van der Waals surface area (Å²) in [4.78, 5) is 17.2. The number of ether oxygens (including phenoxy) is 1. The number of aromatic nitrogens is 2. The minimum atomic E-state index is -0.0392. The van der Waals surface area contributed by atoms with E-state index >= 15 is 0 Å². The number of benzene rings is 1. The first-order valence-electron chi connectivity index (χ1n) is 8.58. The molecule has 1 amide bonds. The zero-order valence-electron chi connectivity index (χ0n) is 14.2. The summed E-state index contributed by atoms with van der Waals surface area (Å²) in [5.41, 5.74) is 3.44. The highest BCUT2D eigenvalue weighted by Crippen LogP contribution is 2.28. The van der Waals surface area contributed by atoms with Gasteiger partial charge in [0.15, 0.2) is 0 Å². The van der Waals surface area contributed by atoms with E-state index in [1.54, 1.807) is 7.11 Å². The minimum Gasteiger partial charge on any atom is -0.384 e. The van der Waals surface area contributed by atoms with E-state index in [9.17, 15) is 4.79 Å². The number of pyridine rings is 1. The number of hydrogen-bond acceptors (Lipinski definition) is 3. The van der Waals surface area contributed by atoms with Crippen molar-refractivity contribution >= 4 is 11.6 Å². The second-order valence-electron chi connectivity index (χ2n) is 6.55. The molecule has 4 rings (SSSR count). The van der Waals surface area contributed by atoms with Crippen LogP contribution in [0.4, 0.5) is 0 Å². The molecule has 1 N–H and O–H groups in total. The first-order chi connectivity index (χ1) is 12.2. The van der Waals surface area contributed by atoms with Gasteiger partial charge in [0, 0.05) is 37.0 Å². The van der Waals surface area contributed by atoms with Gasteiger partial charge >= 0.3 is 0 Å². The number of fused-ring (bicyclic) bond motifs is 1. The molecule has 1 fully saturated rings.